The number of anilines is 1. The minimum absolute atomic E-state index is 0.0276. The second-order valence-corrected chi connectivity index (χ2v) is 5.20. The Bertz CT molecular complexity index is 369. The lowest BCUT2D eigenvalue weighted by atomic mass is 10.0. The minimum Gasteiger partial charge on any atom is -0.330 e. The van der Waals surface area contributed by atoms with Gasteiger partial charge in [0.15, 0.2) is 0 Å². The molecule has 0 aromatic heterocycles. The number of hydrogen-bond donors (Lipinski definition) is 2. The van der Waals surface area contributed by atoms with Gasteiger partial charge in [0.1, 0.15) is 0 Å². The van der Waals surface area contributed by atoms with Crippen molar-refractivity contribution in [2.24, 2.45) is 11.7 Å². The molecule has 17 heavy (non-hydrogen) atoms. The maximum Gasteiger partial charge on any atom is 0.224 e. The summed E-state index contributed by atoms with van der Waals surface area (Å²) in [5.41, 5.74) is 7.52. The van der Waals surface area contributed by atoms with Gasteiger partial charge in [-0.05, 0) is 43.1 Å². The van der Waals surface area contributed by atoms with Crippen LogP contribution < -0.4 is 11.1 Å². The van der Waals surface area contributed by atoms with Crippen molar-refractivity contribution in [3.8, 4) is 0 Å². The largest absolute Gasteiger partial charge is 0.330 e. The summed E-state index contributed by atoms with van der Waals surface area (Å²) in [5.74, 6) is 0.294. The predicted octanol–water partition coefficient (Wildman–Crippen LogP) is 3.07. The fourth-order valence-electron chi connectivity index (χ4n) is 1.68. The van der Waals surface area contributed by atoms with Crippen LogP contribution in [0.15, 0.2) is 22.7 Å². The van der Waals surface area contributed by atoms with Crippen LogP contribution in [0.25, 0.3) is 0 Å². The second-order valence-electron chi connectivity index (χ2n) is 4.28. The predicted molar refractivity (Wildman–Crippen MR) is 75.0 cm³/mol. The summed E-state index contributed by atoms with van der Waals surface area (Å²) in [7, 11) is 0. The number of halogens is 1. The summed E-state index contributed by atoms with van der Waals surface area (Å²) in [6.07, 6.45) is 1.42. The van der Waals surface area contributed by atoms with Crippen molar-refractivity contribution < 1.29 is 4.79 Å². The molecule has 0 fully saturated rings. The number of nitrogens with one attached hydrogen (secondary N) is 1. The Morgan fingerprint density at radius 2 is 2.18 bits per heavy atom. The zero-order chi connectivity index (χ0) is 12.8. The van der Waals surface area contributed by atoms with Crippen LogP contribution >= 0.6 is 15.9 Å². The van der Waals surface area contributed by atoms with Crippen LogP contribution in [0.1, 0.15) is 25.3 Å². The molecule has 0 saturated carbocycles. The average Bonchev–Trinajstić information content (AvgIpc) is 2.24. The lowest BCUT2D eigenvalue weighted by Gasteiger charge is -2.12. The van der Waals surface area contributed by atoms with E-state index >= 15 is 0 Å². The molecule has 1 rings (SSSR count). The zero-order valence-electron chi connectivity index (χ0n) is 10.3. The number of benzene rings is 1. The van der Waals surface area contributed by atoms with Gasteiger partial charge < -0.3 is 11.1 Å². The summed E-state index contributed by atoms with van der Waals surface area (Å²) in [5, 5.41) is 2.90. The summed E-state index contributed by atoms with van der Waals surface area (Å²) < 4.78 is 0.971. The van der Waals surface area contributed by atoms with Crippen molar-refractivity contribution in [2.75, 3.05) is 11.9 Å². The van der Waals surface area contributed by atoms with Gasteiger partial charge in [0, 0.05) is 16.6 Å². The molecule has 0 radical (unpaired) electrons. The van der Waals surface area contributed by atoms with Crippen molar-refractivity contribution in [1.29, 1.82) is 0 Å². The molecular weight excluding hydrogens is 280 g/mol. The Morgan fingerprint density at radius 1 is 1.47 bits per heavy atom. The molecule has 3 nitrogen and oxygen atoms in total. The van der Waals surface area contributed by atoms with E-state index in [4.69, 9.17) is 5.73 Å². The van der Waals surface area contributed by atoms with Gasteiger partial charge >= 0.3 is 0 Å². The lowest BCUT2D eigenvalue weighted by molar-refractivity contribution is -0.117. The van der Waals surface area contributed by atoms with Gasteiger partial charge in [-0.3, -0.25) is 4.79 Å². The molecule has 94 valence electrons. The van der Waals surface area contributed by atoms with Gasteiger partial charge in [-0.1, -0.05) is 29.3 Å². The van der Waals surface area contributed by atoms with Crippen molar-refractivity contribution in [1.82, 2.24) is 0 Å². The quantitative estimate of drug-likeness (QED) is 0.878. The molecule has 0 bridgehead atoms. The highest BCUT2D eigenvalue weighted by atomic mass is 79.9. The molecule has 1 unspecified atom stereocenters. The van der Waals surface area contributed by atoms with Crippen LogP contribution in [0, 0.1) is 12.8 Å². The van der Waals surface area contributed by atoms with E-state index in [2.05, 4.69) is 21.2 Å². The van der Waals surface area contributed by atoms with Crippen molar-refractivity contribution in [3.63, 3.8) is 0 Å². The smallest absolute Gasteiger partial charge is 0.224 e. The van der Waals surface area contributed by atoms with Gasteiger partial charge in [-0.15, -0.1) is 0 Å². The molecule has 1 aromatic rings. The summed E-state index contributed by atoms with van der Waals surface area (Å²) in [4.78, 5) is 11.8. The van der Waals surface area contributed by atoms with Crippen LogP contribution in [-0.4, -0.2) is 12.5 Å². The van der Waals surface area contributed by atoms with E-state index < -0.39 is 0 Å². The molecule has 0 aliphatic rings. The monoisotopic (exact) mass is 298 g/mol. The topological polar surface area (TPSA) is 55.1 Å². The van der Waals surface area contributed by atoms with Crippen molar-refractivity contribution in [2.45, 2.75) is 26.7 Å². The molecule has 3 N–H and O–H groups in total. The van der Waals surface area contributed by atoms with Crippen molar-refractivity contribution >= 4 is 27.5 Å². The number of nitrogens with two attached hydrogens (primary N) is 1. The lowest BCUT2D eigenvalue weighted by Crippen LogP contribution is -2.21. The number of carbonyl (C=O) groups excluding carboxylic acids is 1. The molecule has 0 saturated heterocycles. The van der Waals surface area contributed by atoms with Gasteiger partial charge in [0.05, 0.1) is 0 Å². The molecular formula is C13H19BrN2O. The fraction of sp³-hybridized carbons (Fsp3) is 0.462. The molecule has 4 heteroatoms. The summed E-state index contributed by atoms with van der Waals surface area (Å²) in [6.45, 7) is 4.60. The third-order valence-corrected chi connectivity index (χ3v) is 3.17. The molecule has 1 atom stereocenters. The Labute approximate surface area is 111 Å². The molecule has 0 aliphatic carbocycles. The Kier molecular flexibility index (Phi) is 5.65. The Morgan fingerprint density at radius 3 is 2.71 bits per heavy atom. The van der Waals surface area contributed by atoms with E-state index in [-0.39, 0.29) is 11.8 Å². The van der Waals surface area contributed by atoms with Crippen LogP contribution in [-0.2, 0) is 4.79 Å². The first-order valence-corrected chi connectivity index (χ1v) is 6.61. The van der Waals surface area contributed by atoms with E-state index in [9.17, 15) is 4.79 Å². The fourth-order valence-corrected chi connectivity index (χ4v) is 2.28. The third-order valence-electron chi connectivity index (χ3n) is 2.71. The highest BCUT2D eigenvalue weighted by molar-refractivity contribution is 9.10. The Hall–Kier alpha value is -0.870. The van der Waals surface area contributed by atoms with E-state index in [1.165, 1.54) is 0 Å². The average molecular weight is 299 g/mol. The first-order chi connectivity index (χ1) is 8.05. The number of rotatable bonds is 5. The maximum atomic E-state index is 11.8. The van der Waals surface area contributed by atoms with E-state index in [0.717, 1.165) is 22.1 Å². The van der Waals surface area contributed by atoms with Gasteiger partial charge in [0.25, 0.3) is 0 Å². The molecule has 1 amide bonds. The maximum absolute atomic E-state index is 11.8. The van der Waals surface area contributed by atoms with Gasteiger partial charge in [-0.2, -0.15) is 0 Å². The Balaban J connectivity index is 2.61. The molecule has 0 aliphatic heterocycles. The summed E-state index contributed by atoms with van der Waals surface area (Å²) in [6, 6.07) is 5.85. The second kappa shape index (κ2) is 6.77. The SMILES string of the molecule is CCC(CN)CC(=O)Nc1cc(C)cc(Br)c1. The third kappa shape index (κ3) is 4.88. The molecule has 1 aromatic carbocycles. The van der Waals surface area contributed by atoms with Crippen LogP contribution in [0.3, 0.4) is 0 Å². The van der Waals surface area contributed by atoms with Crippen LogP contribution in [0.5, 0.6) is 0 Å². The van der Waals surface area contributed by atoms with Crippen LogP contribution in [0.2, 0.25) is 0 Å². The first-order valence-electron chi connectivity index (χ1n) is 5.82. The van der Waals surface area contributed by atoms with Gasteiger partial charge in [0.2, 0.25) is 5.91 Å². The van der Waals surface area contributed by atoms with Crippen molar-refractivity contribution in [3.05, 3.63) is 28.2 Å². The van der Waals surface area contributed by atoms with E-state index in [1.807, 2.05) is 32.0 Å². The standard InChI is InChI=1S/C13H19BrN2O/c1-3-10(8-15)6-13(17)16-12-5-9(2)4-11(14)7-12/h4-5,7,10H,3,6,8,15H2,1-2H3,(H,16,17). The minimum atomic E-state index is 0.0276. The zero-order valence-corrected chi connectivity index (χ0v) is 11.9. The molecule has 0 spiro atoms. The number of aryl methyl sites for hydroxylation is 1. The summed E-state index contributed by atoms with van der Waals surface area (Å²) >= 11 is 3.41. The number of carbonyl (C=O) groups is 1. The van der Waals surface area contributed by atoms with Gasteiger partial charge in [-0.25, -0.2) is 0 Å². The van der Waals surface area contributed by atoms with E-state index in [1.54, 1.807) is 0 Å². The van der Waals surface area contributed by atoms with E-state index in [0.29, 0.717) is 13.0 Å². The highest BCUT2D eigenvalue weighted by Gasteiger charge is 2.10. The highest BCUT2D eigenvalue weighted by Crippen LogP contribution is 2.19. The van der Waals surface area contributed by atoms with Crippen LogP contribution in [0.4, 0.5) is 5.69 Å². The first kappa shape index (κ1) is 14.2. The normalized spacial score (nSPS) is 12.2. The molecule has 0 heterocycles. The number of hydrogen-bond acceptors (Lipinski definition) is 2. The number of amides is 1.